The number of hydrogen-bond acceptors (Lipinski definition) is 2. The number of anilines is 1. The third-order valence-corrected chi connectivity index (χ3v) is 4.48. The Kier molecular flexibility index (Phi) is 4.20. The first-order chi connectivity index (χ1) is 10.2. The van der Waals surface area contributed by atoms with Gasteiger partial charge in [0.1, 0.15) is 0 Å². The van der Waals surface area contributed by atoms with E-state index in [1.54, 1.807) is 18.3 Å². The summed E-state index contributed by atoms with van der Waals surface area (Å²) in [4.78, 5) is 4.16. The molecule has 5 heteroatoms. The Bertz CT molecular complexity index is 797. The van der Waals surface area contributed by atoms with Crippen LogP contribution >= 0.6 is 34.8 Å². The van der Waals surface area contributed by atoms with E-state index in [-0.39, 0.29) is 0 Å². The van der Waals surface area contributed by atoms with Crippen molar-refractivity contribution in [3.63, 3.8) is 0 Å². The van der Waals surface area contributed by atoms with Gasteiger partial charge in [-0.2, -0.15) is 0 Å². The topological polar surface area (TPSA) is 24.9 Å². The van der Waals surface area contributed by atoms with Crippen molar-refractivity contribution in [2.24, 2.45) is 0 Å². The molecule has 0 amide bonds. The number of nitrogens with one attached hydrogen (secondary N) is 1. The van der Waals surface area contributed by atoms with Crippen LogP contribution in [0.3, 0.4) is 0 Å². The van der Waals surface area contributed by atoms with Gasteiger partial charge in [-0.1, -0.05) is 46.9 Å². The molecule has 0 unspecified atom stereocenters. The average molecular weight is 338 g/mol. The summed E-state index contributed by atoms with van der Waals surface area (Å²) in [6.07, 6.45) is 3.61. The normalized spacial score (nSPS) is 10.8. The zero-order valence-corrected chi connectivity index (χ0v) is 13.2. The van der Waals surface area contributed by atoms with Gasteiger partial charge in [-0.3, -0.25) is 4.98 Å². The molecule has 3 rings (SSSR count). The Labute approximate surface area is 137 Å². The summed E-state index contributed by atoms with van der Waals surface area (Å²) in [5.74, 6) is 0. The van der Waals surface area contributed by atoms with Gasteiger partial charge in [-0.05, 0) is 29.7 Å². The molecular formula is C16H11Cl3N2. The summed E-state index contributed by atoms with van der Waals surface area (Å²) in [6, 6.07) is 11.4. The fourth-order valence-corrected chi connectivity index (χ4v) is 2.86. The van der Waals surface area contributed by atoms with Crippen LogP contribution in [0.2, 0.25) is 15.1 Å². The quantitative estimate of drug-likeness (QED) is 0.610. The van der Waals surface area contributed by atoms with E-state index in [1.165, 1.54) is 0 Å². The van der Waals surface area contributed by atoms with Crippen LogP contribution in [0.5, 0.6) is 0 Å². The lowest BCUT2D eigenvalue weighted by molar-refractivity contribution is 1.15. The molecule has 1 aromatic heterocycles. The van der Waals surface area contributed by atoms with Crippen LogP contribution < -0.4 is 5.32 Å². The summed E-state index contributed by atoms with van der Waals surface area (Å²) < 4.78 is 0. The van der Waals surface area contributed by atoms with Crippen molar-refractivity contribution in [2.75, 3.05) is 5.32 Å². The lowest BCUT2D eigenvalue weighted by atomic mass is 10.1. The fraction of sp³-hybridized carbons (Fsp3) is 0.0625. The van der Waals surface area contributed by atoms with Crippen LogP contribution in [0, 0.1) is 0 Å². The van der Waals surface area contributed by atoms with E-state index < -0.39 is 0 Å². The van der Waals surface area contributed by atoms with Crippen LogP contribution in [0.25, 0.3) is 10.8 Å². The van der Waals surface area contributed by atoms with Crippen molar-refractivity contribution in [2.45, 2.75) is 6.54 Å². The standard InChI is InChI=1S/C16H11Cl3N2/c17-13-4-5-14(18)16(19)12(13)9-21-15-3-1-2-10-6-7-20-8-11(10)15/h1-8,21H,9H2. The van der Waals surface area contributed by atoms with Crippen molar-refractivity contribution in [1.82, 2.24) is 4.98 Å². The van der Waals surface area contributed by atoms with Crippen molar-refractivity contribution in [3.05, 3.63) is 69.4 Å². The van der Waals surface area contributed by atoms with Gasteiger partial charge in [0.2, 0.25) is 0 Å². The minimum Gasteiger partial charge on any atom is -0.380 e. The molecule has 3 aromatic rings. The summed E-state index contributed by atoms with van der Waals surface area (Å²) >= 11 is 18.4. The Balaban J connectivity index is 1.93. The molecular weight excluding hydrogens is 327 g/mol. The smallest absolute Gasteiger partial charge is 0.0657 e. The second-order valence-corrected chi connectivity index (χ2v) is 5.77. The molecule has 21 heavy (non-hydrogen) atoms. The number of pyridine rings is 1. The summed E-state index contributed by atoms with van der Waals surface area (Å²) in [7, 11) is 0. The molecule has 0 spiro atoms. The number of halogens is 3. The van der Waals surface area contributed by atoms with E-state index in [2.05, 4.69) is 10.3 Å². The first kappa shape index (κ1) is 14.5. The molecule has 2 aromatic carbocycles. The second kappa shape index (κ2) is 6.10. The van der Waals surface area contributed by atoms with E-state index in [0.717, 1.165) is 22.0 Å². The van der Waals surface area contributed by atoms with Gasteiger partial charge in [-0.25, -0.2) is 0 Å². The summed E-state index contributed by atoms with van der Waals surface area (Å²) in [5.41, 5.74) is 1.76. The van der Waals surface area contributed by atoms with Crippen LogP contribution in [-0.4, -0.2) is 4.98 Å². The Hall–Kier alpha value is -1.48. The maximum absolute atomic E-state index is 6.21. The summed E-state index contributed by atoms with van der Waals surface area (Å²) in [6.45, 7) is 0.492. The zero-order valence-electron chi connectivity index (χ0n) is 10.9. The van der Waals surface area contributed by atoms with E-state index in [0.29, 0.717) is 21.6 Å². The van der Waals surface area contributed by atoms with Crippen LogP contribution in [0.15, 0.2) is 48.8 Å². The molecule has 0 atom stereocenters. The molecule has 0 saturated carbocycles. The summed E-state index contributed by atoms with van der Waals surface area (Å²) in [5, 5.41) is 7.09. The predicted molar refractivity (Wildman–Crippen MR) is 90.5 cm³/mol. The van der Waals surface area contributed by atoms with Gasteiger partial charge in [0.15, 0.2) is 0 Å². The van der Waals surface area contributed by atoms with Crippen molar-refractivity contribution >= 4 is 51.3 Å². The van der Waals surface area contributed by atoms with E-state index in [1.807, 2.05) is 30.5 Å². The highest BCUT2D eigenvalue weighted by atomic mass is 35.5. The van der Waals surface area contributed by atoms with Crippen LogP contribution in [-0.2, 0) is 6.54 Å². The molecule has 106 valence electrons. The highest BCUT2D eigenvalue weighted by Gasteiger charge is 2.10. The second-order valence-electron chi connectivity index (χ2n) is 4.58. The first-order valence-electron chi connectivity index (χ1n) is 6.36. The molecule has 0 aliphatic carbocycles. The molecule has 0 aliphatic rings. The van der Waals surface area contributed by atoms with Crippen molar-refractivity contribution < 1.29 is 0 Å². The number of nitrogens with zero attached hydrogens (tertiary/aromatic N) is 1. The molecule has 0 radical (unpaired) electrons. The molecule has 0 fully saturated rings. The van der Waals surface area contributed by atoms with Gasteiger partial charge in [0.05, 0.1) is 10.0 Å². The zero-order chi connectivity index (χ0) is 14.8. The molecule has 1 heterocycles. The van der Waals surface area contributed by atoms with Gasteiger partial charge >= 0.3 is 0 Å². The molecule has 1 N–H and O–H groups in total. The van der Waals surface area contributed by atoms with Gasteiger partial charge < -0.3 is 5.32 Å². The lowest BCUT2D eigenvalue weighted by Crippen LogP contribution is -2.02. The highest BCUT2D eigenvalue weighted by Crippen LogP contribution is 2.32. The maximum atomic E-state index is 6.21. The van der Waals surface area contributed by atoms with Gasteiger partial charge in [0, 0.05) is 40.6 Å². The minimum atomic E-state index is 0.482. The van der Waals surface area contributed by atoms with Gasteiger partial charge in [-0.15, -0.1) is 0 Å². The maximum Gasteiger partial charge on any atom is 0.0657 e. The molecule has 0 aliphatic heterocycles. The number of benzene rings is 2. The Morgan fingerprint density at radius 1 is 0.952 bits per heavy atom. The molecule has 2 nitrogen and oxygen atoms in total. The SMILES string of the molecule is Clc1ccc(Cl)c(CNc2cccc3ccncc23)c1Cl. The van der Waals surface area contributed by atoms with E-state index in [4.69, 9.17) is 34.8 Å². The van der Waals surface area contributed by atoms with Crippen LogP contribution in [0.4, 0.5) is 5.69 Å². The van der Waals surface area contributed by atoms with E-state index >= 15 is 0 Å². The number of hydrogen-bond donors (Lipinski definition) is 1. The Morgan fingerprint density at radius 2 is 1.76 bits per heavy atom. The largest absolute Gasteiger partial charge is 0.380 e. The average Bonchev–Trinajstić information content (AvgIpc) is 2.51. The first-order valence-corrected chi connectivity index (χ1v) is 7.49. The minimum absolute atomic E-state index is 0.482. The van der Waals surface area contributed by atoms with Crippen LogP contribution in [0.1, 0.15) is 5.56 Å². The monoisotopic (exact) mass is 336 g/mol. The third-order valence-electron chi connectivity index (χ3n) is 3.28. The molecule has 0 saturated heterocycles. The van der Waals surface area contributed by atoms with Crippen molar-refractivity contribution in [3.8, 4) is 0 Å². The number of fused-ring (bicyclic) bond motifs is 1. The van der Waals surface area contributed by atoms with E-state index in [9.17, 15) is 0 Å². The number of aromatic nitrogens is 1. The van der Waals surface area contributed by atoms with Crippen molar-refractivity contribution in [1.29, 1.82) is 0 Å². The molecule has 0 bridgehead atoms. The lowest BCUT2D eigenvalue weighted by Gasteiger charge is -2.12. The fourth-order valence-electron chi connectivity index (χ4n) is 2.18. The third kappa shape index (κ3) is 2.93. The van der Waals surface area contributed by atoms with Gasteiger partial charge in [0.25, 0.3) is 0 Å². The predicted octanol–water partition coefficient (Wildman–Crippen LogP) is 5.81. The Morgan fingerprint density at radius 3 is 2.62 bits per heavy atom. The number of rotatable bonds is 3. The highest BCUT2D eigenvalue weighted by molar-refractivity contribution is 6.44.